The van der Waals surface area contributed by atoms with Crippen LogP contribution >= 0.6 is 11.8 Å². The number of carbonyl (C=O) groups is 3. The fourth-order valence-electron chi connectivity index (χ4n) is 5.50. The second-order valence-corrected chi connectivity index (χ2v) is 12.8. The minimum Gasteiger partial charge on any atom is -0.344 e. The van der Waals surface area contributed by atoms with Gasteiger partial charge in [-0.2, -0.15) is 16.9 Å². The highest BCUT2D eigenvalue weighted by atomic mass is 32.2. The predicted molar refractivity (Wildman–Crippen MR) is 178 cm³/mol. The smallest absolute Gasteiger partial charge is 0.260 e. The van der Waals surface area contributed by atoms with Gasteiger partial charge in [-0.15, -0.1) is 0 Å². The monoisotopic (exact) mass is 644 g/mol. The first-order valence-electron chi connectivity index (χ1n) is 15.5. The molecule has 0 saturated carbocycles. The van der Waals surface area contributed by atoms with Crippen molar-refractivity contribution >= 4 is 40.4 Å². The van der Waals surface area contributed by atoms with E-state index in [4.69, 9.17) is 10.1 Å². The summed E-state index contributed by atoms with van der Waals surface area (Å²) in [5.74, 6) is 1.01. The fraction of sp³-hybridized carbons (Fsp3) is 0.424. The maximum atomic E-state index is 14.0. The molecule has 0 aliphatic carbocycles. The predicted octanol–water partition coefficient (Wildman–Crippen LogP) is 3.18. The molecule has 3 amide bonds. The van der Waals surface area contributed by atoms with E-state index >= 15 is 0 Å². The van der Waals surface area contributed by atoms with Crippen molar-refractivity contribution in [2.24, 2.45) is 13.0 Å². The van der Waals surface area contributed by atoms with Crippen molar-refractivity contribution in [1.82, 2.24) is 39.8 Å². The summed E-state index contributed by atoms with van der Waals surface area (Å²) in [5.41, 5.74) is 1.48. The number of rotatable bonds is 6. The van der Waals surface area contributed by atoms with E-state index in [1.165, 1.54) is 10.9 Å². The molecule has 2 atom stereocenters. The molecule has 2 N–H and O–H groups in total. The molecule has 0 spiro atoms. The number of carbonyl (C=O) groups excluding carboxylic acids is 3. The number of fused-ring (bicyclic) bond motifs is 2. The third kappa shape index (κ3) is 7.47. The lowest BCUT2D eigenvalue weighted by Gasteiger charge is -2.28. The van der Waals surface area contributed by atoms with Crippen molar-refractivity contribution in [2.75, 3.05) is 25.1 Å². The Labute approximate surface area is 272 Å². The largest absolute Gasteiger partial charge is 0.344 e. The number of nitrogens with zero attached hydrogens (tertiary/aromatic N) is 6. The number of aryl methyl sites for hydroxylation is 1. The van der Waals surface area contributed by atoms with Crippen LogP contribution in [-0.2, 0) is 23.2 Å². The number of hydrogen-bond donors (Lipinski definition) is 2. The molecule has 2 aromatic heterocycles. The van der Waals surface area contributed by atoms with Gasteiger partial charge in [-0.25, -0.2) is 14.6 Å². The summed E-state index contributed by atoms with van der Waals surface area (Å²) in [6, 6.07) is 13.3. The lowest BCUT2D eigenvalue weighted by atomic mass is 10.0. The SMILES string of the molecule is CSCC[C@@H]1NC(=O)CCCN(C(=O)c2ccc3c(=O)n(C)cnc3c2)CCn2nc(-c3ccccc3)nc2[C@@H](C(C)C)NC1=O. The zero-order valence-corrected chi connectivity index (χ0v) is 27.4. The van der Waals surface area contributed by atoms with E-state index < -0.39 is 12.1 Å². The van der Waals surface area contributed by atoms with Gasteiger partial charge in [0.15, 0.2) is 11.6 Å². The van der Waals surface area contributed by atoms with Crippen LogP contribution in [0.1, 0.15) is 55.3 Å². The lowest BCUT2D eigenvalue weighted by Crippen LogP contribution is -2.49. The van der Waals surface area contributed by atoms with E-state index in [0.29, 0.717) is 59.8 Å². The molecule has 2 aromatic carbocycles. The highest BCUT2D eigenvalue weighted by Gasteiger charge is 2.30. The topological polar surface area (TPSA) is 144 Å². The van der Waals surface area contributed by atoms with Crippen LogP contribution in [0, 0.1) is 5.92 Å². The van der Waals surface area contributed by atoms with Gasteiger partial charge in [0, 0.05) is 37.7 Å². The molecule has 0 radical (unpaired) electrons. The first-order valence-corrected chi connectivity index (χ1v) is 16.9. The third-order valence-electron chi connectivity index (χ3n) is 8.10. The summed E-state index contributed by atoms with van der Waals surface area (Å²) in [4.78, 5) is 64.1. The van der Waals surface area contributed by atoms with E-state index in [1.54, 1.807) is 46.6 Å². The molecule has 4 aromatic rings. The number of benzene rings is 2. The molecule has 46 heavy (non-hydrogen) atoms. The van der Waals surface area contributed by atoms with E-state index in [0.717, 1.165) is 5.56 Å². The second-order valence-electron chi connectivity index (χ2n) is 11.8. The lowest BCUT2D eigenvalue weighted by molar-refractivity contribution is -0.129. The summed E-state index contributed by atoms with van der Waals surface area (Å²) in [6.45, 7) is 4.90. The Kier molecular flexibility index (Phi) is 10.5. The Hall–Kier alpha value is -4.52. The highest BCUT2D eigenvalue weighted by Crippen LogP contribution is 2.25. The van der Waals surface area contributed by atoms with Crippen LogP contribution in [0.2, 0.25) is 0 Å². The molecule has 0 saturated heterocycles. The Balaban J connectivity index is 1.52. The van der Waals surface area contributed by atoms with Crippen LogP contribution in [0.25, 0.3) is 22.3 Å². The number of nitrogens with one attached hydrogen (secondary N) is 2. The molecule has 1 aliphatic heterocycles. The summed E-state index contributed by atoms with van der Waals surface area (Å²) in [5, 5.41) is 11.4. The van der Waals surface area contributed by atoms with Gasteiger partial charge in [-0.05, 0) is 49.0 Å². The van der Waals surface area contributed by atoms with Crippen molar-refractivity contribution in [1.29, 1.82) is 0 Å². The Morgan fingerprint density at radius 2 is 1.83 bits per heavy atom. The van der Waals surface area contributed by atoms with Gasteiger partial charge in [0.05, 0.1) is 29.8 Å². The quantitative estimate of drug-likeness (QED) is 0.326. The third-order valence-corrected chi connectivity index (χ3v) is 8.75. The Bertz CT molecular complexity index is 1770. The average molecular weight is 645 g/mol. The van der Waals surface area contributed by atoms with E-state index in [9.17, 15) is 19.2 Å². The summed E-state index contributed by atoms with van der Waals surface area (Å²) in [7, 11) is 1.63. The van der Waals surface area contributed by atoms with Gasteiger partial charge in [0.1, 0.15) is 6.04 Å². The number of thioether (sulfide) groups is 1. The zero-order chi connectivity index (χ0) is 32.8. The fourth-order valence-corrected chi connectivity index (χ4v) is 5.97. The summed E-state index contributed by atoms with van der Waals surface area (Å²) >= 11 is 1.61. The van der Waals surface area contributed by atoms with Crippen LogP contribution < -0.4 is 16.2 Å². The standard InChI is InChI=1S/C33H40N8O4S/c1-21(2)28-30-37-29(22-9-6-5-7-10-22)38-41(30)17-16-40(15-8-11-27(42)35-25(14-18-46-4)31(43)36-28)32(44)23-12-13-24-26(19-23)34-20-39(3)33(24)45/h5-7,9-10,12-13,19-21,25,28H,8,11,14-18H2,1-4H3,(H,35,42)(H,36,43)/t25-,28+/m0/s1. The van der Waals surface area contributed by atoms with Crippen molar-refractivity contribution < 1.29 is 14.4 Å². The molecular formula is C33H40N8O4S. The minimum absolute atomic E-state index is 0.0455. The van der Waals surface area contributed by atoms with E-state index in [1.807, 2.05) is 50.4 Å². The molecular weight excluding hydrogens is 604 g/mol. The van der Waals surface area contributed by atoms with Gasteiger partial charge in [-0.1, -0.05) is 44.2 Å². The molecule has 0 bridgehead atoms. The van der Waals surface area contributed by atoms with Crippen molar-refractivity contribution in [3.8, 4) is 11.4 Å². The Morgan fingerprint density at radius 3 is 2.57 bits per heavy atom. The second kappa shape index (κ2) is 14.7. The molecule has 5 rings (SSSR count). The molecule has 1 aliphatic rings. The molecule has 242 valence electrons. The minimum atomic E-state index is -0.704. The van der Waals surface area contributed by atoms with Gasteiger partial charge in [-0.3, -0.25) is 19.2 Å². The number of amides is 3. The van der Waals surface area contributed by atoms with Crippen molar-refractivity contribution in [2.45, 2.75) is 51.7 Å². The number of aromatic nitrogens is 5. The summed E-state index contributed by atoms with van der Waals surface area (Å²) in [6.07, 6.45) is 4.43. The van der Waals surface area contributed by atoms with Crippen LogP contribution in [0.4, 0.5) is 0 Å². The molecule has 3 heterocycles. The average Bonchev–Trinajstić information content (AvgIpc) is 3.48. The van der Waals surface area contributed by atoms with Gasteiger partial charge < -0.3 is 20.1 Å². The van der Waals surface area contributed by atoms with E-state index in [2.05, 4.69) is 15.6 Å². The van der Waals surface area contributed by atoms with Crippen LogP contribution in [0.5, 0.6) is 0 Å². The summed E-state index contributed by atoms with van der Waals surface area (Å²) < 4.78 is 3.17. The first-order chi connectivity index (χ1) is 22.2. The van der Waals surface area contributed by atoms with E-state index in [-0.39, 0.29) is 42.2 Å². The van der Waals surface area contributed by atoms with Gasteiger partial charge in [0.2, 0.25) is 11.8 Å². The van der Waals surface area contributed by atoms with Crippen LogP contribution in [0.3, 0.4) is 0 Å². The van der Waals surface area contributed by atoms with Crippen LogP contribution in [0.15, 0.2) is 59.7 Å². The maximum absolute atomic E-state index is 14.0. The Morgan fingerprint density at radius 1 is 1.04 bits per heavy atom. The molecule has 13 heteroatoms. The van der Waals surface area contributed by atoms with Crippen LogP contribution in [-0.4, -0.2) is 78.1 Å². The maximum Gasteiger partial charge on any atom is 0.260 e. The normalized spacial score (nSPS) is 18.2. The highest BCUT2D eigenvalue weighted by molar-refractivity contribution is 7.98. The van der Waals surface area contributed by atoms with Crippen molar-refractivity contribution in [3.63, 3.8) is 0 Å². The zero-order valence-electron chi connectivity index (χ0n) is 26.6. The first kappa shape index (κ1) is 32.9. The number of hydrogen-bond acceptors (Lipinski definition) is 8. The molecule has 12 nitrogen and oxygen atoms in total. The van der Waals surface area contributed by atoms with Gasteiger partial charge >= 0.3 is 0 Å². The van der Waals surface area contributed by atoms with Crippen molar-refractivity contribution in [3.05, 3.63) is 76.6 Å². The molecule has 0 unspecified atom stereocenters. The van der Waals surface area contributed by atoms with Gasteiger partial charge in [0.25, 0.3) is 11.5 Å². The molecule has 0 fully saturated rings.